The van der Waals surface area contributed by atoms with Crippen molar-refractivity contribution < 1.29 is 27.4 Å². The quantitative estimate of drug-likeness (QED) is 0.468. The molecule has 0 aromatic heterocycles. The molecule has 3 aromatic carbocycles. The number of amides is 1. The first-order chi connectivity index (χ1) is 16.9. The van der Waals surface area contributed by atoms with Crippen LogP contribution in [0.1, 0.15) is 18.1 Å². The smallest absolute Gasteiger partial charge is 0.242 e. The summed E-state index contributed by atoms with van der Waals surface area (Å²) in [6.45, 7) is 5.00. The number of ether oxygens (including phenoxy) is 3. The van der Waals surface area contributed by atoms with Crippen LogP contribution in [-0.2, 0) is 21.2 Å². The molecule has 1 atom stereocenters. The van der Waals surface area contributed by atoms with E-state index in [0.717, 1.165) is 5.56 Å². The summed E-state index contributed by atoms with van der Waals surface area (Å²) >= 11 is 0. The van der Waals surface area contributed by atoms with Gasteiger partial charge in [0.15, 0.2) is 11.5 Å². The van der Waals surface area contributed by atoms with Gasteiger partial charge in [0.25, 0.3) is 0 Å². The van der Waals surface area contributed by atoms with E-state index in [-0.39, 0.29) is 11.3 Å². The summed E-state index contributed by atoms with van der Waals surface area (Å²) in [5, 5.41) is 2.80. The summed E-state index contributed by atoms with van der Waals surface area (Å²) in [4.78, 5) is 13.3. The molecule has 184 valence electrons. The molecule has 0 fully saturated rings. The van der Waals surface area contributed by atoms with Gasteiger partial charge < -0.3 is 19.5 Å². The van der Waals surface area contributed by atoms with Gasteiger partial charge in [-0.15, -0.1) is 0 Å². The van der Waals surface area contributed by atoms with Crippen LogP contribution < -0.4 is 24.2 Å². The molecule has 2 N–H and O–H groups in total. The normalized spacial score (nSPS) is 13.7. The number of fused-ring (bicyclic) bond motifs is 1. The number of anilines is 1. The van der Waals surface area contributed by atoms with Crippen LogP contribution in [0.15, 0.2) is 71.6 Å². The third-order valence-electron chi connectivity index (χ3n) is 5.46. The second-order valence-electron chi connectivity index (χ2n) is 8.07. The van der Waals surface area contributed by atoms with Crippen LogP contribution in [0.2, 0.25) is 0 Å². The molecule has 1 heterocycles. The summed E-state index contributed by atoms with van der Waals surface area (Å²) in [6, 6.07) is 17.9. The zero-order valence-corrected chi connectivity index (χ0v) is 20.4. The lowest BCUT2D eigenvalue weighted by atomic mass is 10.1. The molecule has 0 aliphatic carbocycles. The number of carbonyl (C=O) groups excluding carboxylic acids is 1. The zero-order valence-electron chi connectivity index (χ0n) is 19.6. The first-order valence-electron chi connectivity index (χ1n) is 11.4. The fourth-order valence-corrected chi connectivity index (χ4v) is 5.03. The van der Waals surface area contributed by atoms with E-state index in [9.17, 15) is 13.2 Å². The minimum Gasteiger partial charge on any atom is -0.494 e. The number of aryl methyl sites for hydroxylation is 1. The predicted molar refractivity (Wildman–Crippen MR) is 133 cm³/mol. The monoisotopic (exact) mass is 496 g/mol. The molecule has 3 aromatic rings. The van der Waals surface area contributed by atoms with Gasteiger partial charge in [-0.05, 0) is 61.7 Å². The van der Waals surface area contributed by atoms with E-state index in [1.165, 1.54) is 12.1 Å². The predicted octanol–water partition coefficient (Wildman–Crippen LogP) is 3.69. The lowest BCUT2D eigenvalue weighted by Crippen LogP contribution is -2.45. The summed E-state index contributed by atoms with van der Waals surface area (Å²) in [6.07, 6.45) is 0.173. The third kappa shape index (κ3) is 6.12. The van der Waals surface area contributed by atoms with Crippen LogP contribution in [0.4, 0.5) is 5.69 Å². The van der Waals surface area contributed by atoms with Gasteiger partial charge in [0.2, 0.25) is 15.9 Å². The maximum absolute atomic E-state index is 13.3. The van der Waals surface area contributed by atoms with Crippen molar-refractivity contribution in [3.8, 4) is 17.2 Å². The Morgan fingerprint density at radius 1 is 1.00 bits per heavy atom. The minimum atomic E-state index is -4.00. The molecule has 8 nitrogen and oxygen atoms in total. The lowest BCUT2D eigenvalue weighted by Gasteiger charge is -2.21. The maximum Gasteiger partial charge on any atom is 0.242 e. The Balaban J connectivity index is 1.57. The highest BCUT2D eigenvalue weighted by Gasteiger charge is 2.27. The van der Waals surface area contributed by atoms with Crippen molar-refractivity contribution in [2.45, 2.75) is 31.2 Å². The molecule has 35 heavy (non-hydrogen) atoms. The van der Waals surface area contributed by atoms with Crippen LogP contribution in [0.5, 0.6) is 17.2 Å². The molecule has 1 amide bonds. The molecule has 0 radical (unpaired) electrons. The van der Waals surface area contributed by atoms with E-state index in [1.807, 2.05) is 37.3 Å². The van der Waals surface area contributed by atoms with Gasteiger partial charge in [-0.3, -0.25) is 4.79 Å². The number of hydrogen-bond donors (Lipinski definition) is 2. The highest BCUT2D eigenvalue weighted by atomic mass is 32.2. The fourth-order valence-electron chi connectivity index (χ4n) is 3.75. The van der Waals surface area contributed by atoms with Gasteiger partial charge in [0.05, 0.1) is 11.5 Å². The number of nitrogens with one attached hydrogen (secondary N) is 2. The lowest BCUT2D eigenvalue weighted by molar-refractivity contribution is -0.117. The minimum absolute atomic E-state index is 0.0589. The van der Waals surface area contributed by atoms with Crippen molar-refractivity contribution in [3.63, 3.8) is 0 Å². The van der Waals surface area contributed by atoms with Crippen LogP contribution in [0.3, 0.4) is 0 Å². The van der Waals surface area contributed by atoms with Gasteiger partial charge in [-0.2, -0.15) is 4.72 Å². The number of benzene rings is 3. The topological polar surface area (TPSA) is 103 Å². The number of carbonyl (C=O) groups is 1. The maximum atomic E-state index is 13.3. The molecule has 0 saturated carbocycles. The molecule has 1 aliphatic heterocycles. The van der Waals surface area contributed by atoms with Crippen molar-refractivity contribution in [2.75, 3.05) is 25.1 Å². The average molecular weight is 497 g/mol. The van der Waals surface area contributed by atoms with E-state index in [1.54, 1.807) is 31.2 Å². The van der Waals surface area contributed by atoms with E-state index in [2.05, 4.69) is 10.0 Å². The van der Waals surface area contributed by atoms with Gasteiger partial charge in [0.1, 0.15) is 25.0 Å². The van der Waals surface area contributed by atoms with Gasteiger partial charge >= 0.3 is 0 Å². The van der Waals surface area contributed by atoms with Crippen LogP contribution >= 0.6 is 0 Å². The first-order valence-corrected chi connectivity index (χ1v) is 12.8. The van der Waals surface area contributed by atoms with E-state index in [0.29, 0.717) is 48.3 Å². The number of rotatable bonds is 9. The molecule has 4 rings (SSSR count). The number of sulfonamides is 1. The van der Waals surface area contributed by atoms with Crippen LogP contribution in [0, 0.1) is 6.92 Å². The van der Waals surface area contributed by atoms with Crippen molar-refractivity contribution in [3.05, 3.63) is 77.9 Å². The molecule has 9 heteroatoms. The van der Waals surface area contributed by atoms with Gasteiger partial charge in [-0.25, -0.2) is 8.42 Å². The summed E-state index contributed by atoms with van der Waals surface area (Å²) < 4.78 is 45.7. The van der Waals surface area contributed by atoms with E-state index < -0.39 is 22.0 Å². The van der Waals surface area contributed by atoms with Crippen molar-refractivity contribution in [1.29, 1.82) is 0 Å². The molecular weight excluding hydrogens is 468 g/mol. The van der Waals surface area contributed by atoms with Gasteiger partial charge in [-0.1, -0.05) is 30.3 Å². The Kier molecular flexibility index (Phi) is 7.57. The molecule has 1 aliphatic rings. The van der Waals surface area contributed by atoms with Crippen molar-refractivity contribution >= 4 is 21.6 Å². The molecular formula is C26H28N2O6S. The largest absolute Gasteiger partial charge is 0.494 e. The zero-order chi connectivity index (χ0) is 24.8. The first kappa shape index (κ1) is 24.6. The third-order valence-corrected chi connectivity index (χ3v) is 6.93. The highest BCUT2D eigenvalue weighted by Crippen LogP contribution is 2.32. The highest BCUT2D eigenvalue weighted by molar-refractivity contribution is 7.89. The Morgan fingerprint density at radius 3 is 2.46 bits per heavy atom. The van der Waals surface area contributed by atoms with Crippen molar-refractivity contribution in [2.24, 2.45) is 0 Å². The Hall–Kier alpha value is -3.56. The van der Waals surface area contributed by atoms with Crippen molar-refractivity contribution in [1.82, 2.24) is 4.72 Å². The molecule has 0 unspecified atom stereocenters. The van der Waals surface area contributed by atoms with E-state index >= 15 is 0 Å². The summed E-state index contributed by atoms with van der Waals surface area (Å²) in [7, 11) is -4.00. The standard InChI is InChI=1S/C26H28N2O6S/c1-3-32-23-12-10-21(15-18(23)2)35(30,31)28-22(16-19-7-5-4-6-8-19)26(29)27-20-9-11-24-25(17-20)34-14-13-33-24/h4-12,15,17,22,28H,3,13-14,16H2,1-2H3,(H,27,29)/t22-/m1/s1. The second kappa shape index (κ2) is 10.8. The number of hydrogen-bond acceptors (Lipinski definition) is 6. The molecule has 0 bridgehead atoms. The Labute approximate surface area is 205 Å². The average Bonchev–Trinajstić information content (AvgIpc) is 2.85. The molecule has 0 saturated heterocycles. The van der Waals surface area contributed by atoms with Gasteiger partial charge in [0, 0.05) is 11.8 Å². The summed E-state index contributed by atoms with van der Waals surface area (Å²) in [5.74, 6) is 1.25. The van der Waals surface area contributed by atoms with Crippen LogP contribution in [0.25, 0.3) is 0 Å². The Bertz CT molecular complexity index is 1290. The Morgan fingerprint density at radius 2 is 1.74 bits per heavy atom. The fraction of sp³-hybridized carbons (Fsp3) is 0.269. The van der Waals surface area contributed by atoms with E-state index in [4.69, 9.17) is 14.2 Å². The molecule has 0 spiro atoms. The SMILES string of the molecule is CCOc1ccc(S(=O)(=O)N[C@H](Cc2ccccc2)C(=O)Nc2ccc3c(c2)OCCO3)cc1C. The second-order valence-corrected chi connectivity index (χ2v) is 9.79. The summed E-state index contributed by atoms with van der Waals surface area (Å²) in [5.41, 5.74) is 1.99. The van der Waals surface area contributed by atoms with Crippen LogP contribution in [-0.4, -0.2) is 40.2 Å².